The highest BCUT2D eigenvalue weighted by Gasteiger charge is 2.26. The maximum Gasteiger partial charge on any atom is 0.407 e. The first-order valence-electron chi connectivity index (χ1n) is 14.0. The number of pyridine rings is 2. The first-order chi connectivity index (χ1) is 19.3. The molecule has 0 aromatic carbocycles. The molecule has 0 saturated carbocycles. The fraction of sp³-hybridized carbons (Fsp3) is 0.567. The molecule has 2 aromatic rings. The molecule has 2 amide bonds. The number of ether oxygens (including phenoxy) is 2. The van der Waals surface area contributed by atoms with Crippen LogP contribution in [0, 0.1) is 0 Å². The zero-order valence-electron chi connectivity index (χ0n) is 25.2. The molecule has 4 heterocycles. The predicted octanol–water partition coefficient (Wildman–Crippen LogP) is 3.95. The van der Waals surface area contributed by atoms with Crippen molar-refractivity contribution in [2.24, 2.45) is 0 Å². The van der Waals surface area contributed by atoms with Crippen molar-refractivity contribution in [2.45, 2.75) is 84.2 Å². The van der Waals surface area contributed by atoms with Crippen molar-refractivity contribution in [1.82, 2.24) is 30.8 Å². The van der Waals surface area contributed by atoms with Crippen LogP contribution in [0.25, 0.3) is 0 Å². The number of aromatic nitrogens is 2. The highest BCUT2D eigenvalue weighted by atomic mass is 16.6. The van der Waals surface area contributed by atoms with Crippen molar-refractivity contribution in [3.63, 3.8) is 0 Å². The minimum Gasteiger partial charge on any atom is -0.444 e. The third-order valence-electron chi connectivity index (χ3n) is 5.72. The van der Waals surface area contributed by atoms with E-state index in [-0.39, 0.29) is 24.3 Å². The zero-order valence-corrected chi connectivity index (χ0v) is 25.2. The summed E-state index contributed by atoms with van der Waals surface area (Å²) in [5.74, 6) is 0. The van der Waals surface area contributed by atoms with Gasteiger partial charge in [-0.15, -0.1) is 0 Å². The number of amides is 2. The molecule has 2 aliphatic rings. The zero-order chi connectivity index (χ0) is 30.3. The Morgan fingerprint density at radius 3 is 2.02 bits per heavy atom. The summed E-state index contributed by atoms with van der Waals surface area (Å²) in [5.41, 5.74) is 0.965. The van der Waals surface area contributed by atoms with Crippen molar-refractivity contribution in [3.05, 3.63) is 60.2 Å². The fourth-order valence-corrected chi connectivity index (χ4v) is 4.02. The summed E-state index contributed by atoms with van der Waals surface area (Å²) < 4.78 is 10.4. The van der Waals surface area contributed by atoms with E-state index in [9.17, 15) is 14.4 Å². The summed E-state index contributed by atoms with van der Waals surface area (Å²) in [6, 6.07) is 7.85. The Morgan fingerprint density at radius 1 is 0.951 bits per heavy atom. The normalized spacial score (nSPS) is 18.6. The Labute approximate surface area is 243 Å². The van der Waals surface area contributed by atoms with Gasteiger partial charge in [-0.2, -0.15) is 0 Å². The van der Waals surface area contributed by atoms with Gasteiger partial charge in [0.1, 0.15) is 11.2 Å². The Morgan fingerprint density at radius 2 is 1.56 bits per heavy atom. The van der Waals surface area contributed by atoms with Crippen LogP contribution in [0.3, 0.4) is 0 Å². The summed E-state index contributed by atoms with van der Waals surface area (Å²) in [7, 11) is 0. The number of carbonyl (C=O) groups excluding carboxylic acids is 3. The molecule has 2 aliphatic heterocycles. The van der Waals surface area contributed by atoms with Crippen LogP contribution in [0.4, 0.5) is 9.59 Å². The van der Waals surface area contributed by atoms with Gasteiger partial charge in [0.05, 0.1) is 0 Å². The van der Waals surface area contributed by atoms with Crippen molar-refractivity contribution in [1.29, 1.82) is 0 Å². The first kappa shape index (κ1) is 33.6. The maximum atomic E-state index is 11.7. The van der Waals surface area contributed by atoms with Gasteiger partial charge in [-0.1, -0.05) is 6.07 Å². The van der Waals surface area contributed by atoms with Crippen molar-refractivity contribution in [2.75, 3.05) is 26.2 Å². The van der Waals surface area contributed by atoms with Crippen LogP contribution in [0.5, 0.6) is 0 Å². The molecule has 0 radical (unpaired) electrons. The number of alkyl carbamates (subject to hydrolysis) is 2. The van der Waals surface area contributed by atoms with Crippen LogP contribution in [0.15, 0.2) is 49.1 Å². The minimum atomic E-state index is -0.446. The Bertz CT molecular complexity index is 1050. The molecule has 0 unspecified atom stereocenters. The lowest BCUT2D eigenvalue weighted by atomic mass is 10.2. The van der Waals surface area contributed by atoms with Gasteiger partial charge in [0, 0.05) is 68.6 Å². The maximum absolute atomic E-state index is 11.7. The monoisotopic (exact) mass is 570 g/mol. The quantitative estimate of drug-likeness (QED) is 0.457. The van der Waals surface area contributed by atoms with E-state index in [1.165, 1.54) is 11.8 Å². The Balaban J connectivity index is 0.000000239. The third kappa shape index (κ3) is 15.7. The summed E-state index contributed by atoms with van der Waals surface area (Å²) in [4.78, 5) is 43.1. The van der Waals surface area contributed by atoms with E-state index < -0.39 is 11.2 Å². The molecule has 0 aliphatic carbocycles. The van der Waals surface area contributed by atoms with Crippen molar-refractivity contribution in [3.8, 4) is 0 Å². The second-order valence-electron chi connectivity index (χ2n) is 12.0. The second kappa shape index (κ2) is 16.6. The molecular weight excluding hydrogens is 524 g/mol. The third-order valence-corrected chi connectivity index (χ3v) is 5.72. The van der Waals surface area contributed by atoms with Crippen LogP contribution >= 0.6 is 0 Å². The SMILES string of the molecule is CC(C)(C)OC(=O)N[C@H]1CCN(Cc2cccnc2)C1.CC(C)(C)OC(=O)N[C@H]1CCNC1.O=Cc1cccnc1. The van der Waals surface area contributed by atoms with Gasteiger partial charge in [0.25, 0.3) is 0 Å². The Hall–Kier alpha value is -3.57. The molecule has 2 fully saturated rings. The summed E-state index contributed by atoms with van der Waals surface area (Å²) in [6.07, 6.45) is 8.88. The topological polar surface area (TPSA) is 135 Å². The molecule has 3 N–H and O–H groups in total. The molecule has 41 heavy (non-hydrogen) atoms. The van der Waals surface area contributed by atoms with Gasteiger partial charge in [0.15, 0.2) is 6.29 Å². The predicted molar refractivity (Wildman–Crippen MR) is 158 cm³/mol. The van der Waals surface area contributed by atoms with Crippen LogP contribution in [-0.2, 0) is 16.0 Å². The first-order valence-corrected chi connectivity index (χ1v) is 14.0. The molecule has 11 heteroatoms. The minimum absolute atomic E-state index is 0.168. The summed E-state index contributed by atoms with van der Waals surface area (Å²) in [5, 5.41) is 8.91. The molecule has 0 spiro atoms. The number of carbonyl (C=O) groups is 3. The van der Waals surface area contributed by atoms with Gasteiger partial charge in [-0.3, -0.25) is 19.7 Å². The number of likely N-dealkylation sites (tertiary alicyclic amines) is 1. The second-order valence-corrected chi connectivity index (χ2v) is 12.0. The smallest absolute Gasteiger partial charge is 0.407 e. The lowest BCUT2D eigenvalue weighted by Gasteiger charge is -2.22. The lowest BCUT2D eigenvalue weighted by Crippen LogP contribution is -2.40. The molecular formula is C30H46N6O5. The standard InChI is InChI=1S/C15H23N3O2.C9H18N2O2.C6H5NO/c1-15(2,3)20-14(19)17-13-6-8-18(11-13)10-12-5-4-7-16-9-12;1-9(2,3)13-8(12)11-7-4-5-10-6-7;8-5-6-2-1-3-7-4-6/h4-5,7,9,13H,6,8,10-11H2,1-3H3,(H,17,19);7,10H,4-6H2,1-3H3,(H,11,12);1-5H/t13-;7-;/m00./s1. The van der Waals surface area contributed by atoms with Crippen molar-refractivity contribution >= 4 is 18.5 Å². The average Bonchev–Trinajstić information content (AvgIpc) is 3.56. The van der Waals surface area contributed by atoms with Crippen LogP contribution < -0.4 is 16.0 Å². The highest BCUT2D eigenvalue weighted by Crippen LogP contribution is 2.14. The fourth-order valence-electron chi connectivity index (χ4n) is 4.02. The number of nitrogens with zero attached hydrogens (tertiary/aromatic N) is 3. The van der Waals surface area contributed by atoms with E-state index in [0.29, 0.717) is 5.56 Å². The molecule has 4 rings (SSSR count). The molecule has 2 saturated heterocycles. The number of hydrogen-bond donors (Lipinski definition) is 3. The van der Waals surface area contributed by atoms with E-state index >= 15 is 0 Å². The van der Waals surface area contributed by atoms with Crippen LogP contribution in [0.2, 0.25) is 0 Å². The number of hydrogen-bond acceptors (Lipinski definition) is 9. The lowest BCUT2D eigenvalue weighted by molar-refractivity contribution is 0.0495. The summed E-state index contributed by atoms with van der Waals surface area (Å²) in [6.45, 7) is 15.7. The van der Waals surface area contributed by atoms with E-state index in [1.807, 2.05) is 53.8 Å². The Kier molecular flexibility index (Phi) is 13.6. The van der Waals surface area contributed by atoms with E-state index in [0.717, 1.165) is 51.9 Å². The molecule has 0 bridgehead atoms. The van der Waals surface area contributed by atoms with E-state index in [4.69, 9.17) is 9.47 Å². The molecule has 11 nitrogen and oxygen atoms in total. The number of aldehydes is 1. The number of nitrogens with one attached hydrogen (secondary N) is 3. The molecule has 226 valence electrons. The van der Waals surface area contributed by atoms with Gasteiger partial charge >= 0.3 is 12.2 Å². The van der Waals surface area contributed by atoms with Crippen LogP contribution in [-0.4, -0.2) is 82.8 Å². The van der Waals surface area contributed by atoms with Gasteiger partial charge in [-0.05, 0) is 84.7 Å². The van der Waals surface area contributed by atoms with E-state index in [1.54, 1.807) is 24.5 Å². The van der Waals surface area contributed by atoms with Crippen LogP contribution in [0.1, 0.15) is 70.3 Å². The highest BCUT2D eigenvalue weighted by molar-refractivity contribution is 5.73. The van der Waals surface area contributed by atoms with Crippen molar-refractivity contribution < 1.29 is 23.9 Å². The molecule has 2 aromatic heterocycles. The average molecular weight is 571 g/mol. The largest absolute Gasteiger partial charge is 0.444 e. The number of rotatable bonds is 5. The summed E-state index contributed by atoms with van der Waals surface area (Å²) >= 11 is 0. The molecule has 2 atom stereocenters. The van der Waals surface area contributed by atoms with E-state index in [2.05, 4.69) is 36.9 Å². The van der Waals surface area contributed by atoms with Gasteiger partial charge in [-0.25, -0.2) is 9.59 Å². The van der Waals surface area contributed by atoms with Gasteiger partial charge in [0.2, 0.25) is 0 Å². The van der Waals surface area contributed by atoms with Gasteiger partial charge < -0.3 is 25.4 Å².